The van der Waals surface area contributed by atoms with Gasteiger partial charge in [0.05, 0.1) is 0 Å². The number of anilines is 6. The largest absolute Gasteiger partial charge is 0.310 e. The number of hydrogen-bond acceptors (Lipinski definition) is 2. The normalized spacial score (nSPS) is 11.4. The molecule has 0 bridgehead atoms. The Labute approximate surface area is 339 Å². The van der Waals surface area contributed by atoms with E-state index in [0.29, 0.717) is 0 Å². The molecule has 11 rings (SSSR count). The van der Waals surface area contributed by atoms with Gasteiger partial charge >= 0.3 is 0 Å². The minimum atomic E-state index is 1.13. The minimum Gasteiger partial charge on any atom is -0.310 e. The third-order valence-electron chi connectivity index (χ3n) is 11.5. The fourth-order valence-corrected chi connectivity index (χ4v) is 8.64. The van der Waals surface area contributed by atoms with Gasteiger partial charge in [0.2, 0.25) is 0 Å². The summed E-state index contributed by atoms with van der Waals surface area (Å²) in [6.45, 7) is 0. The molecule has 10 aromatic rings. The van der Waals surface area contributed by atoms with E-state index in [0.717, 1.165) is 34.1 Å². The van der Waals surface area contributed by atoms with Gasteiger partial charge in [0.15, 0.2) is 0 Å². The average Bonchev–Trinajstić information content (AvgIpc) is 3.29. The van der Waals surface area contributed by atoms with Gasteiger partial charge in [-0.3, -0.25) is 0 Å². The second kappa shape index (κ2) is 14.1. The summed E-state index contributed by atoms with van der Waals surface area (Å²) in [4.78, 5) is 4.72. The summed E-state index contributed by atoms with van der Waals surface area (Å²) in [6.07, 6.45) is 0. The molecule has 0 fully saturated rings. The van der Waals surface area contributed by atoms with E-state index in [-0.39, 0.29) is 0 Å². The molecule has 2 heteroatoms. The number of fused-ring (bicyclic) bond motifs is 6. The minimum absolute atomic E-state index is 1.13. The van der Waals surface area contributed by atoms with Gasteiger partial charge in [-0.2, -0.15) is 0 Å². The van der Waals surface area contributed by atoms with E-state index in [1.165, 1.54) is 66.1 Å². The molecule has 0 spiro atoms. The van der Waals surface area contributed by atoms with Gasteiger partial charge in [-0.25, -0.2) is 0 Å². The fourth-order valence-electron chi connectivity index (χ4n) is 8.64. The molecule has 0 aliphatic heterocycles. The second-order valence-electron chi connectivity index (χ2n) is 15.0. The molecular formula is C56H38N2. The van der Waals surface area contributed by atoms with E-state index in [9.17, 15) is 0 Å². The maximum atomic E-state index is 2.39. The Balaban J connectivity index is 0.965. The van der Waals surface area contributed by atoms with E-state index in [1.54, 1.807) is 0 Å². The van der Waals surface area contributed by atoms with Crippen molar-refractivity contribution in [3.8, 4) is 44.5 Å². The summed E-state index contributed by atoms with van der Waals surface area (Å²) in [5.41, 5.74) is 16.8. The van der Waals surface area contributed by atoms with Gasteiger partial charge in [-0.1, -0.05) is 133 Å². The summed E-state index contributed by atoms with van der Waals surface area (Å²) < 4.78 is 0. The van der Waals surface area contributed by atoms with Crippen LogP contribution in [0.25, 0.3) is 66.1 Å². The molecular weight excluding hydrogens is 701 g/mol. The molecule has 0 radical (unpaired) electrons. The van der Waals surface area contributed by atoms with Gasteiger partial charge in [-0.15, -0.1) is 0 Å². The average molecular weight is 739 g/mol. The molecule has 2 nitrogen and oxygen atoms in total. The van der Waals surface area contributed by atoms with Crippen molar-refractivity contribution in [2.45, 2.75) is 0 Å². The van der Waals surface area contributed by atoms with E-state index in [1.807, 2.05) is 0 Å². The molecule has 58 heavy (non-hydrogen) atoms. The van der Waals surface area contributed by atoms with Crippen LogP contribution in [-0.2, 0) is 0 Å². The van der Waals surface area contributed by atoms with Crippen molar-refractivity contribution in [3.05, 3.63) is 231 Å². The van der Waals surface area contributed by atoms with Gasteiger partial charge in [0, 0.05) is 34.1 Å². The standard InChI is InChI=1S/C56H38N2/c1-5-15-39(16-6-1)41-19-13-25-49(31-41)57(47-21-9-3-10-22-47)51-29-27-43-35-53-55(37-45(43)33-51)54-36-44-28-30-52(34-46(44)38-56(53)54)58(48-23-11-4-12-24-48)50-26-14-20-42(32-50)40-17-7-2-8-18-40/h1-38H. The summed E-state index contributed by atoms with van der Waals surface area (Å²) in [5.74, 6) is 0. The molecule has 0 unspecified atom stereocenters. The summed E-state index contributed by atoms with van der Waals surface area (Å²) in [5, 5.41) is 4.94. The molecule has 272 valence electrons. The van der Waals surface area contributed by atoms with E-state index in [2.05, 4.69) is 240 Å². The number of hydrogen-bond donors (Lipinski definition) is 0. The maximum Gasteiger partial charge on any atom is 0.0468 e. The van der Waals surface area contributed by atoms with Crippen LogP contribution in [0.2, 0.25) is 0 Å². The Morgan fingerprint density at radius 2 is 0.500 bits per heavy atom. The lowest BCUT2D eigenvalue weighted by Gasteiger charge is -2.29. The fraction of sp³-hybridized carbons (Fsp3) is 0. The van der Waals surface area contributed by atoms with Gasteiger partial charge < -0.3 is 9.80 Å². The summed E-state index contributed by atoms with van der Waals surface area (Å²) in [7, 11) is 0. The third kappa shape index (κ3) is 6.00. The van der Waals surface area contributed by atoms with Crippen LogP contribution in [0.5, 0.6) is 0 Å². The zero-order valence-corrected chi connectivity index (χ0v) is 31.8. The van der Waals surface area contributed by atoms with Crippen LogP contribution in [-0.4, -0.2) is 0 Å². The maximum absolute atomic E-state index is 2.39. The summed E-state index contributed by atoms with van der Waals surface area (Å²) >= 11 is 0. The first-order valence-corrected chi connectivity index (χ1v) is 19.9. The molecule has 1 aliphatic carbocycles. The Bertz CT molecular complexity index is 2870. The highest BCUT2D eigenvalue weighted by Crippen LogP contribution is 2.51. The molecule has 10 aromatic carbocycles. The first-order valence-electron chi connectivity index (χ1n) is 19.9. The van der Waals surface area contributed by atoms with Crippen molar-refractivity contribution in [2.24, 2.45) is 0 Å². The third-order valence-corrected chi connectivity index (χ3v) is 11.5. The van der Waals surface area contributed by atoms with E-state index < -0.39 is 0 Å². The van der Waals surface area contributed by atoms with Gasteiger partial charge in [0.1, 0.15) is 0 Å². The molecule has 0 saturated heterocycles. The Morgan fingerprint density at radius 3 is 0.897 bits per heavy atom. The number of benzene rings is 10. The highest BCUT2D eigenvalue weighted by molar-refractivity contribution is 6.12. The number of nitrogens with zero attached hydrogens (tertiary/aromatic N) is 2. The second-order valence-corrected chi connectivity index (χ2v) is 15.0. The zero-order valence-electron chi connectivity index (χ0n) is 31.8. The lowest BCUT2D eigenvalue weighted by atomic mass is 9.78. The first-order chi connectivity index (χ1) is 28.7. The Hall–Kier alpha value is -7.68. The Morgan fingerprint density at radius 1 is 0.190 bits per heavy atom. The van der Waals surface area contributed by atoms with Crippen molar-refractivity contribution in [1.82, 2.24) is 0 Å². The quantitative estimate of drug-likeness (QED) is 0.153. The summed E-state index contributed by atoms with van der Waals surface area (Å²) in [6, 6.07) is 83.5. The zero-order chi connectivity index (χ0) is 38.4. The Kier molecular flexibility index (Phi) is 8.19. The topological polar surface area (TPSA) is 6.48 Å². The van der Waals surface area contributed by atoms with E-state index in [4.69, 9.17) is 0 Å². The smallest absolute Gasteiger partial charge is 0.0468 e. The van der Waals surface area contributed by atoms with Gasteiger partial charge in [-0.05, 0) is 163 Å². The monoisotopic (exact) mass is 738 g/mol. The molecule has 0 N–H and O–H groups in total. The highest BCUT2D eigenvalue weighted by atomic mass is 15.1. The highest BCUT2D eigenvalue weighted by Gasteiger charge is 2.25. The molecule has 1 aliphatic rings. The van der Waals surface area contributed by atoms with Crippen LogP contribution in [0.15, 0.2) is 231 Å². The predicted octanol–water partition coefficient (Wildman–Crippen LogP) is 15.9. The van der Waals surface area contributed by atoms with Crippen LogP contribution in [0.4, 0.5) is 34.1 Å². The number of para-hydroxylation sites is 2. The van der Waals surface area contributed by atoms with Crippen molar-refractivity contribution in [3.63, 3.8) is 0 Å². The van der Waals surface area contributed by atoms with Crippen LogP contribution >= 0.6 is 0 Å². The molecule has 0 amide bonds. The van der Waals surface area contributed by atoms with Gasteiger partial charge in [0.25, 0.3) is 0 Å². The van der Waals surface area contributed by atoms with E-state index >= 15 is 0 Å². The van der Waals surface area contributed by atoms with Crippen molar-refractivity contribution < 1.29 is 0 Å². The molecule has 0 saturated carbocycles. The molecule has 0 heterocycles. The van der Waals surface area contributed by atoms with Crippen molar-refractivity contribution in [1.29, 1.82) is 0 Å². The van der Waals surface area contributed by atoms with Crippen LogP contribution in [0.3, 0.4) is 0 Å². The van der Waals surface area contributed by atoms with Crippen molar-refractivity contribution in [2.75, 3.05) is 9.80 Å². The van der Waals surface area contributed by atoms with Crippen LogP contribution in [0, 0.1) is 0 Å². The number of rotatable bonds is 8. The van der Waals surface area contributed by atoms with Crippen molar-refractivity contribution >= 4 is 55.7 Å². The van der Waals surface area contributed by atoms with Crippen LogP contribution < -0.4 is 9.80 Å². The van der Waals surface area contributed by atoms with Crippen LogP contribution in [0.1, 0.15) is 0 Å². The lowest BCUT2D eigenvalue weighted by Crippen LogP contribution is -2.10. The SMILES string of the molecule is c1ccc(-c2cccc(N(c3ccccc3)c3ccc4cc5c(cc4c3)-c3cc4ccc(N(c6ccccc6)c6cccc(-c7ccccc7)c6)cc4cc3-5)c2)cc1. The first kappa shape index (κ1) is 33.6. The molecule has 0 aromatic heterocycles. The predicted molar refractivity (Wildman–Crippen MR) is 246 cm³/mol. The lowest BCUT2D eigenvalue weighted by molar-refractivity contribution is 1.29. The molecule has 0 atom stereocenters.